The summed E-state index contributed by atoms with van der Waals surface area (Å²) < 4.78 is 5.41. The van der Waals surface area contributed by atoms with Crippen molar-refractivity contribution in [3.05, 3.63) is 72.3 Å². The van der Waals surface area contributed by atoms with Crippen molar-refractivity contribution >= 4 is 11.9 Å². The second-order valence-electron chi connectivity index (χ2n) is 6.65. The molecule has 2 aromatic rings. The zero-order valence-corrected chi connectivity index (χ0v) is 15.2. The van der Waals surface area contributed by atoms with Crippen molar-refractivity contribution in [2.75, 3.05) is 6.61 Å². The number of fused-ring (bicyclic) bond motifs is 3. The Kier molecular flexibility index (Phi) is 5.72. The highest BCUT2D eigenvalue weighted by Crippen LogP contribution is 2.44. The van der Waals surface area contributed by atoms with Gasteiger partial charge in [-0.05, 0) is 29.2 Å². The summed E-state index contributed by atoms with van der Waals surface area (Å²) in [6, 6.07) is 15.1. The molecule has 0 saturated carbocycles. The third-order valence-electron chi connectivity index (χ3n) is 4.79. The predicted octanol–water partition coefficient (Wildman–Crippen LogP) is 3.42. The zero-order chi connectivity index (χ0) is 19.4. The molecule has 2 aromatic carbocycles. The van der Waals surface area contributed by atoms with Crippen LogP contribution in [0.15, 0.2) is 61.2 Å². The first-order valence-electron chi connectivity index (χ1n) is 8.96. The molecule has 0 spiro atoms. The predicted molar refractivity (Wildman–Crippen MR) is 103 cm³/mol. The molecule has 27 heavy (non-hydrogen) atoms. The van der Waals surface area contributed by atoms with Gasteiger partial charge in [-0.3, -0.25) is 4.79 Å². The van der Waals surface area contributed by atoms with Crippen molar-refractivity contribution in [3.8, 4) is 11.1 Å². The van der Waals surface area contributed by atoms with E-state index in [4.69, 9.17) is 4.74 Å². The quantitative estimate of drug-likeness (QED) is 0.737. The molecule has 0 heterocycles. The van der Waals surface area contributed by atoms with Gasteiger partial charge in [0, 0.05) is 12.3 Å². The number of Topliss-reactive ketones (excluding diaryl/α,β-unsaturated/α-hetero) is 1. The van der Waals surface area contributed by atoms with Gasteiger partial charge in [-0.25, -0.2) is 4.79 Å². The van der Waals surface area contributed by atoms with Crippen LogP contribution in [0.1, 0.15) is 30.4 Å². The topological polar surface area (TPSA) is 75.6 Å². The van der Waals surface area contributed by atoms with Gasteiger partial charge in [0.25, 0.3) is 0 Å². The van der Waals surface area contributed by atoms with E-state index in [9.17, 15) is 14.7 Å². The number of alkyl carbamates (subject to hydrolysis) is 1. The van der Waals surface area contributed by atoms with E-state index in [2.05, 4.69) is 24.0 Å². The van der Waals surface area contributed by atoms with Gasteiger partial charge >= 0.3 is 6.09 Å². The Morgan fingerprint density at radius 3 is 2.22 bits per heavy atom. The molecule has 0 unspecified atom stereocenters. The molecule has 2 N–H and O–H groups in total. The number of hydrogen-bond donors (Lipinski definition) is 2. The Morgan fingerprint density at radius 2 is 1.70 bits per heavy atom. The van der Waals surface area contributed by atoms with Gasteiger partial charge in [0.05, 0.1) is 6.10 Å². The summed E-state index contributed by atoms with van der Waals surface area (Å²) in [5.74, 6) is -0.370. The molecule has 0 aromatic heterocycles. The highest BCUT2D eigenvalue weighted by Gasteiger charge is 2.30. The number of ether oxygens (including phenoxy) is 1. The summed E-state index contributed by atoms with van der Waals surface area (Å²) in [6.45, 7) is 5.12. The number of allylic oxidation sites excluding steroid dienone is 1. The molecule has 0 bridgehead atoms. The first kappa shape index (κ1) is 18.9. The molecule has 0 radical (unpaired) electrons. The van der Waals surface area contributed by atoms with Gasteiger partial charge in [-0.1, -0.05) is 54.6 Å². The third-order valence-corrected chi connectivity index (χ3v) is 4.79. The van der Waals surface area contributed by atoms with E-state index in [0.717, 1.165) is 22.3 Å². The molecule has 0 saturated heterocycles. The summed E-state index contributed by atoms with van der Waals surface area (Å²) in [5.41, 5.74) is 4.51. The standard InChI is InChI=1S/C22H23NO4/c1-3-8-20(25)21(14(2)24)23-22(26)27-13-19-17-11-6-4-9-15(17)16-10-5-7-12-18(16)19/h3-7,9-12,14,19,21,24H,1,8,13H2,2H3,(H,23,26)/t14-,21+/m0/s1. The SMILES string of the molecule is C=CCC(=O)[C@H](NC(=O)OCC1c2ccccc2-c2ccccc21)[C@H](C)O. The molecule has 1 aliphatic carbocycles. The van der Waals surface area contributed by atoms with Gasteiger partial charge in [0.1, 0.15) is 12.6 Å². The second kappa shape index (κ2) is 8.18. The lowest BCUT2D eigenvalue weighted by molar-refractivity contribution is -0.122. The van der Waals surface area contributed by atoms with E-state index in [-0.39, 0.29) is 24.7 Å². The Balaban J connectivity index is 1.70. The molecule has 5 heteroatoms. The van der Waals surface area contributed by atoms with Crippen LogP contribution in [0.4, 0.5) is 4.79 Å². The fraction of sp³-hybridized carbons (Fsp3) is 0.273. The highest BCUT2D eigenvalue weighted by molar-refractivity contribution is 5.89. The summed E-state index contributed by atoms with van der Waals surface area (Å²) in [5, 5.41) is 12.2. The summed E-state index contributed by atoms with van der Waals surface area (Å²) in [4.78, 5) is 24.2. The summed E-state index contributed by atoms with van der Waals surface area (Å²) in [6.07, 6.45) is -0.228. The van der Waals surface area contributed by atoms with Crippen LogP contribution >= 0.6 is 0 Å². The van der Waals surface area contributed by atoms with Crippen molar-refractivity contribution in [1.29, 1.82) is 0 Å². The average Bonchev–Trinajstić information content (AvgIpc) is 2.98. The van der Waals surface area contributed by atoms with Crippen molar-refractivity contribution in [2.24, 2.45) is 0 Å². The molecular weight excluding hydrogens is 342 g/mol. The van der Waals surface area contributed by atoms with E-state index in [1.807, 2.05) is 36.4 Å². The number of nitrogens with one attached hydrogen (secondary N) is 1. The van der Waals surface area contributed by atoms with Crippen LogP contribution in [-0.4, -0.2) is 35.7 Å². The van der Waals surface area contributed by atoms with Crippen LogP contribution in [0.2, 0.25) is 0 Å². The van der Waals surface area contributed by atoms with Crippen LogP contribution in [0.3, 0.4) is 0 Å². The Labute approximate surface area is 158 Å². The summed E-state index contributed by atoms with van der Waals surface area (Å²) in [7, 11) is 0. The number of hydrogen-bond acceptors (Lipinski definition) is 4. The number of benzene rings is 2. The summed E-state index contributed by atoms with van der Waals surface area (Å²) >= 11 is 0. The highest BCUT2D eigenvalue weighted by atomic mass is 16.5. The van der Waals surface area contributed by atoms with Crippen LogP contribution in [0.25, 0.3) is 11.1 Å². The van der Waals surface area contributed by atoms with E-state index in [0.29, 0.717) is 0 Å². The molecule has 5 nitrogen and oxygen atoms in total. The van der Waals surface area contributed by atoms with Crippen molar-refractivity contribution in [3.63, 3.8) is 0 Å². The second-order valence-corrected chi connectivity index (χ2v) is 6.65. The van der Waals surface area contributed by atoms with Crippen LogP contribution in [0.5, 0.6) is 0 Å². The van der Waals surface area contributed by atoms with Crippen LogP contribution in [0, 0.1) is 0 Å². The number of amides is 1. The first-order chi connectivity index (χ1) is 13.0. The third kappa shape index (κ3) is 3.93. The molecule has 0 aliphatic heterocycles. The molecule has 2 atom stereocenters. The number of rotatable bonds is 7. The maximum atomic E-state index is 12.2. The fourth-order valence-corrected chi connectivity index (χ4v) is 3.51. The fourth-order valence-electron chi connectivity index (χ4n) is 3.51. The maximum Gasteiger partial charge on any atom is 0.407 e. The van der Waals surface area contributed by atoms with Gasteiger partial charge in [0.15, 0.2) is 5.78 Å². The largest absolute Gasteiger partial charge is 0.449 e. The Hall–Kier alpha value is -2.92. The lowest BCUT2D eigenvalue weighted by Gasteiger charge is -2.20. The number of aliphatic hydroxyl groups excluding tert-OH is 1. The Bertz CT molecular complexity index is 813. The number of ketones is 1. The van der Waals surface area contributed by atoms with E-state index in [1.54, 1.807) is 0 Å². The molecule has 140 valence electrons. The van der Waals surface area contributed by atoms with Crippen molar-refractivity contribution in [1.82, 2.24) is 5.32 Å². The van der Waals surface area contributed by atoms with Crippen LogP contribution < -0.4 is 5.32 Å². The maximum absolute atomic E-state index is 12.2. The van der Waals surface area contributed by atoms with Gasteiger partial charge < -0.3 is 15.2 Å². The first-order valence-corrected chi connectivity index (χ1v) is 8.96. The lowest BCUT2D eigenvalue weighted by Crippen LogP contribution is -2.47. The normalized spacial score (nSPS) is 14.6. The lowest BCUT2D eigenvalue weighted by atomic mass is 9.98. The zero-order valence-electron chi connectivity index (χ0n) is 15.2. The van der Waals surface area contributed by atoms with E-state index in [1.165, 1.54) is 13.0 Å². The minimum absolute atomic E-state index is 0.0583. The molecule has 0 fully saturated rings. The minimum Gasteiger partial charge on any atom is -0.449 e. The van der Waals surface area contributed by atoms with Gasteiger partial charge in [-0.2, -0.15) is 0 Å². The molecule has 1 amide bonds. The van der Waals surface area contributed by atoms with Crippen LogP contribution in [-0.2, 0) is 9.53 Å². The molecule has 3 rings (SSSR count). The number of aliphatic hydroxyl groups is 1. The van der Waals surface area contributed by atoms with Gasteiger partial charge in [-0.15, -0.1) is 6.58 Å². The number of carbonyl (C=O) groups excluding carboxylic acids is 2. The smallest absolute Gasteiger partial charge is 0.407 e. The molecule has 1 aliphatic rings. The van der Waals surface area contributed by atoms with E-state index >= 15 is 0 Å². The van der Waals surface area contributed by atoms with E-state index < -0.39 is 18.2 Å². The van der Waals surface area contributed by atoms with Crippen molar-refractivity contribution < 1.29 is 19.4 Å². The minimum atomic E-state index is -1.02. The Morgan fingerprint density at radius 1 is 1.15 bits per heavy atom. The monoisotopic (exact) mass is 365 g/mol. The average molecular weight is 365 g/mol. The number of carbonyl (C=O) groups is 2. The van der Waals surface area contributed by atoms with Gasteiger partial charge in [0.2, 0.25) is 0 Å². The van der Waals surface area contributed by atoms with Crippen molar-refractivity contribution in [2.45, 2.75) is 31.4 Å². The molecular formula is C22H23NO4.